The lowest BCUT2D eigenvalue weighted by atomic mass is 10.2. The van der Waals surface area contributed by atoms with Gasteiger partial charge < -0.3 is 4.98 Å². The van der Waals surface area contributed by atoms with Crippen molar-refractivity contribution in [2.24, 2.45) is 0 Å². The van der Waals surface area contributed by atoms with Crippen molar-refractivity contribution < 1.29 is 13.6 Å². The molecule has 0 saturated heterocycles. The van der Waals surface area contributed by atoms with Gasteiger partial charge in [0, 0.05) is 0 Å². The molecule has 1 aromatic rings. The smallest absolute Gasteiger partial charge is 0.267 e. The molecule has 1 heterocycles. The molecule has 0 spiro atoms. The largest absolute Gasteiger partial charge is 0.343 e. The zero-order chi connectivity index (χ0) is 9.30. The number of halogens is 3. The summed E-state index contributed by atoms with van der Waals surface area (Å²) in [5, 5.41) is -0.162. The molecule has 0 fully saturated rings. The van der Waals surface area contributed by atoms with Gasteiger partial charge in [0.05, 0.1) is 11.3 Å². The number of hydrogen-bond donors (Lipinski definition) is 1. The second kappa shape index (κ2) is 3.23. The van der Waals surface area contributed by atoms with Gasteiger partial charge in [-0.05, 0) is 12.5 Å². The highest BCUT2D eigenvalue weighted by atomic mass is 35.5. The molecule has 0 aliphatic carbocycles. The summed E-state index contributed by atoms with van der Waals surface area (Å²) in [5.41, 5.74) is 0.0269. The lowest BCUT2D eigenvalue weighted by molar-refractivity contribution is 0.111. The molecule has 2 nitrogen and oxygen atoms in total. The fraction of sp³-hybridized carbons (Fsp3) is 0.286. The minimum atomic E-state index is -2.65. The normalized spacial score (nSPS) is 10.8. The van der Waals surface area contributed by atoms with E-state index in [4.69, 9.17) is 11.6 Å². The van der Waals surface area contributed by atoms with Crippen molar-refractivity contribution in [1.82, 2.24) is 4.98 Å². The van der Waals surface area contributed by atoms with E-state index in [0.717, 1.165) is 0 Å². The quantitative estimate of drug-likeness (QED) is 0.720. The van der Waals surface area contributed by atoms with Gasteiger partial charge in [-0.3, -0.25) is 4.79 Å². The van der Waals surface area contributed by atoms with E-state index in [0.29, 0.717) is 6.29 Å². The number of rotatable bonds is 2. The van der Waals surface area contributed by atoms with E-state index in [9.17, 15) is 13.6 Å². The molecule has 1 rings (SSSR count). The number of aromatic nitrogens is 1. The molecule has 0 radical (unpaired) electrons. The first-order chi connectivity index (χ1) is 5.57. The standard InChI is InChI=1S/C7H6ClF2NO/c1-3-4(2-12)11-6(8)5(3)7(9)10/h2,7,11H,1H3. The van der Waals surface area contributed by atoms with Crippen LogP contribution in [0.25, 0.3) is 0 Å². The summed E-state index contributed by atoms with van der Waals surface area (Å²) in [7, 11) is 0. The van der Waals surface area contributed by atoms with Crippen LogP contribution in [0.5, 0.6) is 0 Å². The van der Waals surface area contributed by atoms with Crippen LogP contribution in [-0.2, 0) is 0 Å². The number of aromatic amines is 1. The Morgan fingerprint density at radius 1 is 1.58 bits per heavy atom. The van der Waals surface area contributed by atoms with Crippen molar-refractivity contribution in [3.8, 4) is 0 Å². The topological polar surface area (TPSA) is 32.9 Å². The molecular formula is C7H6ClF2NO. The third-order valence-corrected chi connectivity index (χ3v) is 1.92. The van der Waals surface area contributed by atoms with E-state index in [1.165, 1.54) is 6.92 Å². The molecule has 12 heavy (non-hydrogen) atoms. The summed E-state index contributed by atoms with van der Waals surface area (Å²) in [6.07, 6.45) is -2.19. The molecule has 0 unspecified atom stereocenters. The second-order valence-electron chi connectivity index (χ2n) is 2.31. The van der Waals surface area contributed by atoms with Gasteiger partial charge >= 0.3 is 0 Å². The molecule has 5 heteroatoms. The second-order valence-corrected chi connectivity index (χ2v) is 2.69. The molecule has 0 bridgehead atoms. The van der Waals surface area contributed by atoms with Crippen molar-refractivity contribution in [2.45, 2.75) is 13.3 Å². The van der Waals surface area contributed by atoms with Gasteiger partial charge in [0.25, 0.3) is 6.43 Å². The first kappa shape index (κ1) is 9.19. The van der Waals surface area contributed by atoms with Crippen LogP contribution in [-0.4, -0.2) is 11.3 Å². The maximum Gasteiger partial charge on any atom is 0.267 e. The van der Waals surface area contributed by atoms with E-state index in [1.807, 2.05) is 0 Å². The van der Waals surface area contributed by atoms with Crippen molar-refractivity contribution in [1.29, 1.82) is 0 Å². The summed E-state index contributed by atoms with van der Waals surface area (Å²) in [6, 6.07) is 0. The zero-order valence-corrected chi connectivity index (χ0v) is 6.95. The lowest BCUT2D eigenvalue weighted by Crippen LogP contribution is -1.86. The van der Waals surface area contributed by atoms with Gasteiger partial charge in [0.15, 0.2) is 6.29 Å². The molecule has 0 atom stereocenters. The zero-order valence-electron chi connectivity index (χ0n) is 6.20. The van der Waals surface area contributed by atoms with Crippen molar-refractivity contribution in [2.75, 3.05) is 0 Å². The Morgan fingerprint density at radius 2 is 2.17 bits per heavy atom. The minimum absolute atomic E-state index is 0.107. The first-order valence-corrected chi connectivity index (χ1v) is 3.57. The van der Waals surface area contributed by atoms with Gasteiger partial charge in [-0.1, -0.05) is 11.6 Å². The molecule has 0 aromatic carbocycles. The van der Waals surface area contributed by atoms with Crippen molar-refractivity contribution >= 4 is 17.9 Å². The Bertz CT molecular complexity index is 309. The van der Waals surface area contributed by atoms with E-state index >= 15 is 0 Å². The third kappa shape index (κ3) is 1.34. The first-order valence-electron chi connectivity index (χ1n) is 3.19. The average molecular weight is 194 g/mol. The number of hydrogen-bond acceptors (Lipinski definition) is 1. The predicted octanol–water partition coefficient (Wildman–Crippen LogP) is 2.73. The SMILES string of the molecule is Cc1c(C=O)[nH]c(Cl)c1C(F)F. The number of alkyl halides is 2. The van der Waals surface area contributed by atoms with Crippen molar-refractivity contribution in [3.05, 3.63) is 22.0 Å². The fourth-order valence-electron chi connectivity index (χ4n) is 0.966. The van der Waals surface area contributed by atoms with Gasteiger partial charge in [0.1, 0.15) is 5.15 Å². The number of carbonyl (C=O) groups excluding carboxylic acids is 1. The Labute approximate surface area is 72.5 Å². The minimum Gasteiger partial charge on any atom is -0.343 e. The molecule has 0 aliphatic rings. The predicted molar refractivity (Wildman–Crippen MR) is 40.9 cm³/mol. The van der Waals surface area contributed by atoms with Crippen LogP contribution >= 0.6 is 11.6 Å². The maximum atomic E-state index is 12.2. The van der Waals surface area contributed by atoms with E-state index in [-0.39, 0.29) is 22.0 Å². The van der Waals surface area contributed by atoms with Gasteiger partial charge in [-0.25, -0.2) is 8.78 Å². The Hall–Kier alpha value is -0.900. The van der Waals surface area contributed by atoms with E-state index in [2.05, 4.69) is 4.98 Å². The van der Waals surface area contributed by atoms with E-state index < -0.39 is 6.43 Å². The summed E-state index contributed by atoms with van der Waals surface area (Å²) < 4.78 is 24.4. The molecule has 0 aliphatic heterocycles. The highest BCUT2D eigenvalue weighted by Crippen LogP contribution is 2.30. The number of H-pyrrole nitrogens is 1. The van der Waals surface area contributed by atoms with Crippen LogP contribution in [0.3, 0.4) is 0 Å². The maximum absolute atomic E-state index is 12.2. The Kier molecular flexibility index (Phi) is 2.47. The van der Waals surface area contributed by atoms with Crippen LogP contribution in [0.1, 0.15) is 28.0 Å². The number of nitrogens with one attached hydrogen (secondary N) is 1. The van der Waals surface area contributed by atoms with Crippen LogP contribution in [0.15, 0.2) is 0 Å². The monoisotopic (exact) mass is 193 g/mol. The van der Waals surface area contributed by atoms with E-state index in [1.54, 1.807) is 0 Å². The van der Waals surface area contributed by atoms with Crippen LogP contribution in [0.4, 0.5) is 8.78 Å². The molecule has 66 valence electrons. The van der Waals surface area contributed by atoms with Crippen LogP contribution < -0.4 is 0 Å². The summed E-state index contributed by atoms with van der Waals surface area (Å²) >= 11 is 5.43. The molecule has 1 aromatic heterocycles. The van der Waals surface area contributed by atoms with Crippen LogP contribution in [0.2, 0.25) is 5.15 Å². The van der Waals surface area contributed by atoms with Gasteiger partial charge in [-0.2, -0.15) is 0 Å². The van der Waals surface area contributed by atoms with Gasteiger partial charge in [0.2, 0.25) is 0 Å². The Balaban J connectivity index is 3.27. The molecule has 0 saturated carbocycles. The summed E-state index contributed by atoms with van der Waals surface area (Å²) in [5.74, 6) is 0. The lowest BCUT2D eigenvalue weighted by Gasteiger charge is -1.96. The highest BCUT2D eigenvalue weighted by molar-refractivity contribution is 6.30. The summed E-state index contributed by atoms with van der Waals surface area (Å²) in [6.45, 7) is 1.42. The van der Waals surface area contributed by atoms with Crippen molar-refractivity contribution in [3.63, 3.8) is 0 Å². The third-order valence-electron chi connectivity index (χ3n) is 1.62. The fourth-order valence-corrected chi connectivity index (χ4v) is 1.29. The highest BCUT2D eigenvalue weighted by Gasteiger charge is 2.19. The number of carbonyl (C=O) groups is 1. The molecule has 1 N–H and O–H groups in total. The molecule has 0 amide bonds. The molecular weight excluding hydrogens is 188 g/mol. The number of aldehydes is 1. The Morgan fingerprint density at radius 3 is 2.42 bits per heavy atom. The van der Waals surface area contributed by atoms with Gasteiger partial charge in [-0.15, -0.1) is 0 Å². The summed E-state index contributed by atoms with van der Waals surface area (Å²) in [4.78, 5) is 12.6. The van der Waals surface area contributed by atoms with Crippen LogP contribution in [0, 0.1) is 6.92 Å². The average Bonchev–Trinajstić information content (AvgIpc) is 2.25.